The Morgan fingerprint density at radius 3 is 2.62 bits per heavy atom. The van der Waals surface area contributed by atoms with Crippen molar-refractivity contribution in [3.63, 3.8) is 0 Å². The Bertz CT molecular complexity index is 119. The van der Waals surface area contributed by atoms with E-state index < -0.39 is 0 Å². The van der Waals surface area contributed by atoms with Crippen molar-refractivity contribution in [3.8, 4) is 0 Å². The molecule has 0 atom stereocenters. The molecule has 1 aliphatic heterocycles. The first-order valence-corrected chi connectivity index (χ1v) is 2.17. The second-order valence-electron chi connectivity index (χ2n) is 1.60. The molecule has 0 saturated carbocycles. The molecule has 0 aromatic carbocycles. The molecular weight excluding hydrogens is 106 g/mol. The molecule has 1 rings (SSSR count). The molecule has 1 heterocycles. The van der Waals surface area contributed by atoms with Crippen LogP contribution in [0.2, 0.25) is 0 Å². The molecule has 0 amide bonds. The first kappa shape index (κ1) is 5.20. The summed E-state index contributed by atoms with van der Waals surface area (Å²) in [4.78, 5) is 0. The summed E-state index contributed by atoms with van der Waals surface area (Å²) < 4.78 is 0. The van der Waals surface area contributed by atoms with Crippen molar-refractivity contribution in [1.82, 2.24) is 21.4 Å². The number of hydrogen-bond acceptors (Lipinski definition) is 4. The molecule has 5 heteroatoms. The van der Waals surface area contributed by atoms with Gasteiger partial charge in [0.25, 0.3) is 0 Å². The van der Waals surface area contributed by atoms with Crippen LogP contribution in [0.4, 0.5) is 0 Å². The van der Waals surface area contributed by atoms with Gasteiger partial charge in [0.1, 0.15) is 0 Å². The fraction of sp³-hybridized carbons (Fsp3) is 0.333. The zero-order valence-electron chi connectivity index (χ0n) is 4.55. The van der Waals surface area contributed by atoms with Crippen LogP contribution in [0.1, 0.15) is 0 Å². The minimum absolute atomic E-state index is 0.257. The summed E-state index contributed by atoms with van der Waals surface area (Å²) in [7, 11) is 1.77. The number of hydrogen-bond donors (Lipinski definition) is 2. The number of nitrogens with two attached hydrogens (primary N) is 1. The molecule has 5 nitrogen and oxygen atoms in total. The predicted molar refractivity (Wildman–Crippen MR) is 28.1 cm³/mol. The molecular formula is C3H8N5. The molecule has 0 saturated heterocycles. The van der Waals surface area contributed by atoms with E-state index in [1.807, 2.05) is 0 Å². The minimum Gasteiger partial charge on any atom is -0.296 e. The van der Waals surface area contributed by atoms with E-state index in [1.165, 1.54) is 0 Å². The van der Waals surface area contributed by atoms with Crippen LogP contribution in [-0.2, 0) is 0 Å². The molecule has 0 unspecified atom stereocenters. The van der Waals surface area contributed by atoms with Crippen molar-refractivity contribution in [2.75, 3.05) is 7.05 Å². The number of nitrogens with one attached hydrogen (secondary N) is 2. The van der Waals surface area contributed by atoms with E-state index in [9.17, 15) is 0 Å². The van der Waals surface area contributed by atoms with E-state index in [0.717, 1.165) is 5.12 Å². The molecule has 0 fully saturated rings. The third-order valence-electron chi connectivity index (χ3n) is 0.841. The number of rotatable bonds is 0. The highest BCUT2D eigenvalue weighted by atomic mass is 15.9. The molecule has 1 aliphatic rings. The van der Waals surface area contributed by atoms with E-state index in [4.69, 9.17) is 11.6 Å². The smallest absolute Gasteiger partial charge is 0.170 e. The van der Waals surface area contributed by atoms with Gasteiger partial charge in [-0.25, -0.2) is 11.0 Å². The molecule has 0 aliphatic carbocycles. The lowest BCUT2D eigenvalue weighted by atomic mass is 10.8. The Hall–Kier alpha value is -0.940. The van der Waals surface area contributed by atoms with Crippen LogP contribution in [0.25, 0.3) is 0 Å². The van der Waals surface area contributed by atoms with Crippen LogP contribution in [0.5, 0.6) is 0 Å². The first-order valence-electron chi connectivity index (χ1n) is 2.17. The highest BCUT2D eigenvalue weighted by Crippen LogP contribution is 1.97. The van der Waals surface area contributed by atoms with E-state index >= 15 is 0 Å². The lowest BCUT2D eigenvalue weighted by molar-refractivity contribution is 0.152. The SMILES string of the molecule is CN1C=C([NH])N(N)N1. The monoisotopic (exact) mass is 114 g/mol. The van der Waals surface area contributed by atoms with E-state index in [0.29, 0.717) is 0 Å². The predicted octanol–water partition coefficient (Wildman–Crippen LogP) is -1.39. The van der Waals surface area contributed by atoms with Crippen LogP contribution in [0, 0.1) is 0 Å². The van der Waals surface area contributed by atoms with Gasteiger partial charge in [-0.05, 0) is 0 Å². The average Bonchev–Trinajstić information content (AvgIpc) is 1.85. The summed E-state index contributed by atoms with van der Waals surface area (Å²) in [5.74, 6) is 5.45. The Morgan fingerprint density at radius 1 is 1.88 bits per heavy atom. The summed E-state index contributed by atoms with van der Waals surface area (Å²) in [6.07, 6.45) is 1.57. The maximum Gasteiger partial charge on any atom is 0.170 e. The highest BCUT2D eigenvalue weighted by molar-refractivity contribution is 4.93. The highest BCUT2D eigenvalue weighted by Gasteiger charge is 2.09. The van der Waals surface area contributed by atoms with E-state index in [-0.39, 0.29) is 5.82 Å². The first-order chi connectivity index (χ1) is 3.70. The Kier molecular flexibility index (Phi) is 0.997. The summed E-state index contributed by atoms with van der Waals surface area (Å²) in [5.41, 5.74) is 9.66. The van der Waals surface area contributed by atoms with Crippen molar-refractivity contribution < 1.29 is 0 Å². The Morgan fingerprint density at radius 2 is 2.50 bits per heavy atom. The maximum atomic E-state index is 7.03. The van der Waals surface area contributed by atoms with Crippen LogP contribution >= 0.6 is 0 Å². The largest absolute Gasteiger partial charge is 0.296 e. The third kappa shape index (κ3) is 0.682. The Labute approximate surface area is 47.4 Å². The maximum absolute atomic E-state index is 7.03. The van der Waals surface area contributed by atoms with Gasteiger partial charge in [0.15, 0.2) is 5.82 Å². The van der Waals surface area contributed by atoms with Crippen molar-refractivity contribution >= 4 is 0 Å². The van der Waals surface area contributed by atoms with Gasteiger partial charge >= 0.3 is 0 Å². The molecule has 1 radical (unpaired) electrons. The molecule has 0 bridgehead atoms. The third-order valence-corrected chi connectivity index (χ3v) is 0.841. The van der Waals surface area contributed by atoms with Crippen molar-refractivity contribution in [2.45, 2.75) is 0 Å². The Balaban J connectivity index is 2.59. The second-order valence-corrected chi connectivity index (χ2v) is 1.60. The van der Waals surface area contributed by atoms with Crippen LogP contribution < -0.4 is 17.1 Å². The fourth-order valence-corrected chi connectivity index (χ4v) is 0.498. The summed E-state index contributed by atoms with van der Waals surface area (Å²) >= 11 is 0. The lowest BCUT2D eigenvalue weighted by Crippen LogP contribution is -2.43. The van der Waals surface area contributed by atoms with Crippen molar-refractivity contribution in [3.05, 3.63) is 12.0 Å². The zero-order valence-corrected chi connectivity index (χ0v) is 4.55. The van der Waals surface area contributed by atoms with Gasteiger partial charge < -0.3 is 0 Å². The van der Waals surface area contributed by atoms with E-state index in [1.54, 1.807) is 18.3 Å². The van der Waals surface area contributed by atoms with Crippen LogP contribution in [0.15, 0.2) is 12.0 Å². The standard InChI is InChI=1S/C3H8N5/c1-7-2-3(4)8(5)6-7/h2,4,6H,5H2,1H3. The van der Waals surface area contributed by atoms with Gasteiger partial charge in [-0.2, -0.15) is 0 Å². The molecule has 45 valence electrons. The van der Waals surface area contributed by atoms with Gasteiger partial charge in [0.05, 0.1) is 6.20 Å². The normalized spacial score (nSPS) is 19.5. The zero-order chi connectivity index (χ0) is 6.15. The molecule has 0 spiro atoms. The summed E-state index contributed by atoms with van der Waals surface area (Å²) in [6.45, 7) is 0. The summed E-state index contributed by atoms with van der Waals surface area (Å²) in [5, 5.41) is 2.72. The quantitative estimate of drug-likeness (QED) is 0.380. The van der Waals surface area contributed by atoms with Gasteiger partial charge in [-0.1, -0.05) is 0 Å². The average molecular weight is 114 g/mol. The molecule has 0 aromatic rings. The fourth-order valence-electron chi connectivity index (χ4n) is 0.498. The van der Waals surface area contributed by atoms with Crippen molar-refractivity contribution in [1.29, 1.82) is 0 Å². The molecule has 8 heavy (non-hydrogen) atoms. The number of nitrogens with zero attached hydrogens (tertiary/aromatic N) is 2. The molecule has 4 N–H and O–H groups in total. The van der Waals surface area contributed by atoms with E-state index in [2.05, 4.69) is 5.53 Å². The van der Waals surface area contributed by atoms with Crippen LogP contribution in [0.3, 0.4) is 0 Å². The van der Waals surface area contributed by atoms with Crippen molar-refractivity contribution in [2.24, 2.45) is 5.84 Å². The van der Waals surface area contributed by atoms with Gasteiger partial charge in [0, 0.05) is 7.05 Å². The summed E-state index contributed by atoms with van der Waals surface area (Å²) in [6, 6.07) is 0. The second kappa shape index (κ2) is 1.53. The number of hydrazine groups is 3. The minimum atomic E-state index is 0.257. The van der Waals surface area contributed by atoms with Gasteiger partial charge in [0.2, 0.25) is 0 Å². The molecule has 0 aromatic heterocycles. The van der Waals surface area contributed by atoms with Gasteiger partial charge in [-0.3, -0.25) is 10.7 Å². The lowest BCUT2D eigenvalue weighted by Gasteiger charge is -2.13. The topological polar surface area (TPSA) is 68.3 Å². The van der Waals surface area contributed by atoms with Crippen LogP contribution in [-0.4, -0.2) is 17.2 Å². The van der Waals surface area contributed by atoms with Gasteiger partial charge in [-0.15, -0.1) is 5.53 Å².